The van der Waals surface area contributed by atoms with Crippen molar-refractivity contribution < 1.29 is 19.7 Å². The number of hydrogen-bond donors (Lipinski definition) is 3. The van der Waals surface area contributed by atoms with Crippen molar-refractivity contribution in [2.45, 2.75) is 38.6 Å². The van der Waals surface area contributed by atoms with Crippen LogP contribution in [0.15, 0.2) is 23.2 Å². The molecule has 8 heteroatoms. The molecule has 6 nitrogen and oxygen atoms in total. The van der Waals surface area contributed by atoms with Gasteiger partial charge in [-0.15, -0.1) is 0 Å². The predicted molar refractivity (Wildman–Crippen MR) is 91.3 cm³/mol. The topological polar surface area (TPSA) is 91.2 Å². The first-order valence-corrected chi connectivity index (χ1v) is 7.63. The number of halogens is 1. The highest BCUT2D eigenvalue weighted by atomic mass is 35.5. The number of isothiocyanates is 1. The van der Waals surface area contributed by atoms with Gasteiger partial charge in [-0.3, -0.25) is 0 Å². The second kappa shape index (κ2) is 8.38. The Labute approximate surface area is 145 Å². The van der Waals surface area contributed by atoms with Crippen LogP contribution in [0.5, 0.6) is 0 Å². The molecule has 0 spiro atoms. The molecule has 23 heavy (non-hydrogen) atoms. The number of aliphatic hydroxyl groups is 2. The number of rotatable bonds is 5. The average molecular weight is 359 g/mol. The lowest BCUT2D eigenvalue weighted by molar-refractivity contribution is 0.0129. The van der Waals surface area contributed by atoms with Crippen molar-refractivity contribution >= 4 is 40.8 Å². The Morgan fingerprint density at radius 3 is 2.65 bits per heavy atom. The third kappa shape index (κ3) is 6.64. The lowest BCUT2D eigenvalue weighted by Crippen LogP contribution is -2.38. The highest BCUT2D eigenvalue weighted by molar-refractivity contribution is 7.78. The number of aliphatic hydroxyl groups excluding tert-OH is 2. The van der Waals surface area contributed by atoms with E-state index in [0.717, 1.165) is 0 Å². The van der Waals surface area contributed by atoms with E-state index in [0.29, 0.717) is 11.3 Å². The van der Waals surface area contributed by atoms with Crippen molar-refractivity contribution in [1.29, 1.82) is 0 Å². The molecule has 126 valence electrons. The summed E-state index contributed by atoms with van der Waals surface area (Å²) in [4.78, 5) is 15.3. The lowest BCUT2D eigenvalue weighted by atomic mass is 10.0. The molecular weight excluding hydrogens is 340 g/mol. The van der Waals surface area contributed by atoms with Crippen LogP contribution in [-0.2, 0) is 4.74 Å². The predicted octanol–water partition coefficient (Wildman–Crippen LogP) is 2.99. The number of carbonyl (C=O) groups is 1. The maximum Gasteiger partial charge on any atom is 0.407 e. The number of nitrogens with one attached hydrogen (secondary N) is 1. The summed E-state index contributed by atoms with van der Waals surface area (Å²) in [5.41, 5.74) is 0.162. The smallest absolute Gasteiger partial charge is 0.407 e. The van der Waals surface area contributed by atoms with Crippen molar-refractivity contribution in [2.24, 2.45) is 4.99 Å². The van der Waals surface area contributed by atoms with Gasteiger partial charge >= 0.3 is 6.09 Å². The van der Waals surface area contributed by atoms with E-state index in [1.165, 1.54) is 6.07 Å². The summed E-state index contributed by atoms with van der Waals surface area (Å²) in [5.74, 6) is 0. The second-order valence-electron chi connectivity index (χ2n) is 5.81. The molecule has 0 saturated heterocycles. The van der Waals surface area contributed by atoms with E-state index in [1.807, 2.05) is 0 Å². The molecule has 2 atom stereocenters. The van der Waals surface area contributed by atoms with E-state index in [-0.39, 0.29) is 11.6 Å². The third-order valence-electron chi connectivity index (χ3n) is 2.70. The highest BCUT2D eigenvalue weighted by Gasteiger charge is 2.22. The first-order chi connectivity index (χ1) is 10.6. The van der Waals surface area contributed by atoms with Crippen molar-refractivity contribution in [2.75, 3.05) is 6.54 Å². The van der Waals surface area contributed by atoms with Crippen molar-refractivity contribution in [3.8, 4) is 0 Å². The van der Waals surface area contributed by atoms with E-state index in [9.17, 15) is 15.0 Å². The Bertz CT molecular complexity index is 612. The van der Waals surface area contributed by atoms with Gasteiger partial charge in [-0.2, -0.15) is 4.99 Å². The third-order valence-corrected chi connectivity index (χ3v) is 3.09. The van der Waals surface area contributed by atoms with Crippen LogP contribution >= 0.6 is 23.8 Å². The van der Waals surface area contributed by atoms with Crippen LogP contribution < -0.4 is 5.32 Å². The molecule has 0 aromatic heterocycles. The van der Waals surface area contributed by atoms with E-state index >= 15 is 0 Å². The quantitative estimate of drug-likeness (QED) is 0.556. The standard InChI is InChI=1S/C15H19ClN2O4S/c1-15(2,3)22-14(21)17-7-12(19)13(20)9-4-5-11(18-8-23)10(16)6-9/h4-6,12-13,19-20H,7H2,1-3H3,(H,17,21). The summed E-state index contributed by atoms with van der Waals surface area (Å²) in [5, 5.41) is 24.9. The van der Waals surface area contributed by atoms with Gasteiger partial charge in [0.25, 0.3) is 0 Å². The number of hydrogen-bond acceptors (Lipinski definition) is 6. The maximum atomic E-state index is 11.5. The van der Waals surface area contributed by atoms with Crippen LogP contribution in [0.1, 0.15) is 32.4 Å². The Kier molecular flexibility index (Phi) is 7.12. The van der Waals surface area contributed by atoms with Crippen LogP contribution in [0.25, 0.3) is 0 Å². The van der Waals surface area contributed by atoms with Gasteiger partial charge in [-0.1, -0.05) is 17.7 Å². The zero-order valence-corrected chi connectivity index (χ0v) is 14.6. The van der Waals surface area contributed by atoms with Crippen LogP contribution in [0, 0.1) is 0 Å². The minimum absolute atomic E-state index is 0.173. The Morgan fingerprint density at radius 2 is 2.13 bits per heavy atom. The number of ether oxygens (including phenoxy) is 1. The summed E-state index contributed by atoms with van der Waals surface area (Å²) in [6.45, 7) is 5.01. The number of benzene rings is 1. The number of nitrogens with zero attached hydrogens (tertiary/aromatic N) is 1. The van der Waals surface area contributed by atoms with E-state index in [4.69, 9.17) is 16.3 Å². The fourth-order valence-corrected chi connectivity index (χ4v) is 2.01. The molecule has 0 heterocycles. The summed E-state index contributed by atoms with van der Waals surface area (Å²) >= 11 is 10.5. The van der Waals surface area contributed by atoms with Gasteiger partial charge in [-0.05, 0) is 50.7 Å². The van der Waals surface area contributed by atoms with Gasteiger partial charge in [0.05, 0.1) is 15.9 Å². The lowest BCUT2D eigenvalue weighted by Gasteiger charge is -2.22. The first kappa shape index (κ1) is 19.5. The van der Waals surface area contributed by atoms with Gasteiger partial charge in [0.15, 0.2) is 0 Å². The molecule has 1 aromatic rings. The summed E-state index contributed by atoms with van der Waals surface area (Å²) in [7, 11) is 0. The molecule has 3 N–H and O–H groups in total. The molecule has 1 aromatic carbocycles. The molecule has 0 fully saturated rings. The molecule has 0 aliphatic heterocycles. The zero-order valence-electron chi connectivity index (χ0n) is 13.0. The van der Waals surface area contributed by atoms with Gasteiger partial charge in [-0.25, -0.2) is 4.79 Å². The van der Waals surface area contributed by atoms with E-state index < -0.39 is 23.9 Å². The number of thiocarbonyl (C=S) groups is 1. The molecule has 0 aliphatic rings. The molecule has 0 saturated carbocycles. The van der Waals surface area contributed by atoms with Gasteiger partial charge in [0, 0.05) is 6.54 Å². The molecular formula is C15H19ClN2O4S. The normalized spacial score (nSPS) is 13.7. The monoisotopic (exact) mass is 358 g/mol. The van der Waals surface area contributed by atoms with Gasteiger partial charge in [0.2, 0.25) is 0 Å². The fourth-order valence-electron chi connectivity index (χ4n) is 1.68. The fraction of sp³-hybridized carbons (Fsp3) is 0.467. The summed E-state index contributed by atoms with van der Waals surface area (Å²) in [6.07, 6.45) is -3.13. The van der Waals surface area contributed by atoms with Crippen LogP contribution in [0.2, 0.25) is 5.02 Å². The molecule has 0 radical (unpaired) electrons. The second-order valence-corrected chi connectivity index (χ2v) is 6.40. The van der Waals surface area contributed by atoms with Gasteiger partial charge in [0.1, 0.15) is 17.8 Å². The highest BCUT2D eigenvalue weighted by Crippen LogP contribution is 2.29. The Hall–Kier alpha value is -1.50. The SMILES string of the molecule is CC(C)(C)OC(=O)NCC(O)C(O)c1ccc(N=C=S)c(Cl)c1. The minimum Gasteiger partial charge on any atom is -0.444 e. The number of alkyl carbamates (subject to hydrolysis) is 1. The number of aliphatic imine (C=N–C) groups is 1. The molecule has 1 rings (SSSR count). The first-order valence-electron chi connectivity index (χ1n) is 6.84. The Morgan fingerprint density at radius 1 is 1.48 bits per heavy atom. The molecule has 1 amide bonds. The Balaban J connectivity index is 2.66. The molecule has 0 aliphatic carbocycles. The number of carbonyl (C=O) groups excluding carboxylic acids is 1. The number of amides is 1. The van der Waals surface area contributed by atoms with Crippen LogP contribution in [0.4, 0.5) is 10.5 Å². The van der Waals surface area contributed by atoms with Crippen molar-refractivity contribution in [3.05, 3.63) is 28.8 Å². The van der Waals surface area contributed by atoms with Crippen molar-refractivity contribution in [1.82, 2.24) is 5.32 Å². The molecule has 0 bridgehead atoms. The van der Waals surface area contributed by atoms with Gasteiger partial charge < -0.3 is 20.3 Å². The average Bonchev–Trinajstić information content (AvgIpc) is 2.44. The molecule has 2 unspecified atom stereocenters. The van der Waals surface area contributed by atoms with Crippen LogP contribution in [-0.4, -0.2) is 39.7 Å². The van der Waals surface area contributed by atoms with Crippen LogP contribution in [0.3, 0.4) is 0 Å². The van der Waals surface area contributed by atoms with Crippen molar-refractivity contribution in [3.63, 3.8) is 0 Å². The van der Waals surface area contributed by atoms with E-state index in [1.54, 1.807) is 32.9 Å². The largest absolute Gasteiger partial charge is 0.444 e. The van der Waals surface area contributed by atoms with E-state index in [2.05, 4.69) is 27.7 Å². The summed E-state index contributed by atoms with van der Waals surface area (Å²) < 4.78 is 5.04. The summed E-state index contributed by atoms with van der Waals surface area (Å²) in [6, 6.07) is 4.57. The maximum absolute atomic E-state index is 11.5. The minimum atomic E-state index is -1.23. The zero-order chi connectivity index (χ0) is 17.6.